The Labute approximate surface area is 442 Å². The molecule has 0 fully saturated rings. The zero-order valence-corrected chi connectivity index (χ0v) is 42.6. The van der Waals surface area contributed by atoms with Crippen LogP contribution in [0.5, 0.6) is 0 Å². The second kappa shape index (κ2) is 17.7. The van der Waals surface area contributed by atoms with Crippen LogP contribution in [0.1, 0.15) is 0 Å². The van der Waals surface area contributed by atoms with Crippen molar-refractivity contribution in [1.82, 2.24) is 13.7 Å². The van der Waals surface area contributed by atoms with Crippen LogP contribution in [0.3, 0.4) is 0 Å². The summed E-state index contributed by atoms with van der Waals surface area (Å²) in [6.45, 7) is 0. The Hall–Kier alpha value is -9.74. The maximum Gasteiger partial charge on any atom is 0.181 e. The normalized spacial score (nSPS) is 11.9. The second-order valence-corrected chi connectivity index (χ2v) is 23.8. The van der Waals surface area contributed by atoms with Gasteiger partial charge in [-0.15, -0.1) is 0 Å². The average Bonchev–Trinajstić information content (AvgIpc) is 4.27. The summed E-state index contributed by atoms with van der Waals surface area (Å²) < 4.78 is 7.56. The van der Waals surface area contributed by atoms with Crippen molar-refractivity contribution in [2.75, 3.05) is 0 Å². The maximum absolute atomic E-state index is 3.03. The van der Waals surface area contributed by atoms with Crippen LogP contribution in [0, 0.1) is 0 Å². The molecule has 0 amide bonds. The molecule has 0 aliphatic rings. The van der Waals surface area contributed by atoms with Gasteiger partial charge in [0.25, 0.3) is 0 Å². The summed E-state index contributed by atoms with van der Waals surface area (Å²) in [5.41, 5.74) is 15.1. The molecule has 0 spiro atoms. The fourth-order valence-electron chi connectivity index (χ4n) is 12.7. The highest BCUT2D eigenvalue weighted by Crippen LogP contribution is 2.41. The van der Waals surface area contributed by atoms with Crippen LogP contribution < -0.4 is 20.7 Å². The Morgan fingerprint density at radius 1 is 0.211 bits per heavy atom. The molecule has 0 aliphatic heterocycles. The number of para-hydroxylation sites is 4. The Kier molecular flexibility index (Phi) is 10.2. The third-order valence-corrected chi connectivity index (χ3v) is 20.8. The van der Waals surface area contributed by atoms with Crippen LogP contribution in [-0.4, -0.2) is 21.8 Å². The molecule has 4 heteroatoms. The largest absolute Gasteiger partial charge is 0.309 e. The third-order valence-electron chi connectivity index (χ3n) is 15.9. The molecule has 3 nitrogen and oxygen atoms in total. The molecule has 0 N–H and O–H groups in total. The van der Waals surface area contributed by atoms with E-state index in [2.05, 4.69) is 311 Å². The first-order valence-corrected chi connectivity index (χ1v) is 28.3. The minimum absolute atomic E-state index is 1.09. The van der Waals surface area contributed by atoms with Gasteiger partial charge in [-0.05, 0) is 104 Å². The molecule has 0 atom stereocenters. The van der Waals surface area contributed by atoms with Gasteiger partial charge in [0.2, 0.25) is 0 Å². The van der Waals surface area contributed by atoms with E-state index >= 15 is 0 Å². The number of rotatable bonds is 9. The van der Waals surface area contributed by atoms with E-state index in [1.807, 2.05) is 0 Å². The molecule has 0 bridgehead atoms. The summed E-state index contributed by atoms with van der Waals surface area (Å²) in [6, 6.07) is 111. The van der Waals surface area contributed by atoms with Gasteiger partial charge in [-0.3, -0.25) is 0 Å². The summed E-state index contributed by atoms with van der Waals surface area (Å²) in [7, 11) is -3.03. The fourth-order valence-corrected chi connectivity index (χ4v) is 17.7. The van der Waals surface area contributed by atoms with Crippen LogP contribution in [0.25, 0.3) is 105 Å². The third kappa shape index (κ3) is 6.74. The highest BCUT2D eigenvalue weighted by Gasteiger charge is 2.43. The lowest BCUT2D eigenvalue weighted by Gasteiger charge is -2.35. The molecule has 15 rings (SSSR count). The van der Waals surface area contributed by atoms with Crippen molar-refractivity contribution in [2.24, 2.45) is 0 Å². The molecule has 3 heterocycles. The quantitative estimate of drug-likeness (QED) is 0.101. The highest BCUT2D eigenvalue weighted by atomic mass is 28.3. The molecule has 0 saturated heterocycles. The van der Waals surface area contributed by atoms with E-state index in [1.54, 1.807) is 0 Å². The predicted molar refractivity (Wildman–Crippen MR) is 324 cm³/mol. The molecular weight excluding hydrogens is 935 g/mol. The molecular formula is C72H49N3Si. The van der Waals surface area contributed by atoms with Gasteiger partial charge in [-0.25, -0.2) is 0 Å². The molecule has 15 aromatic rings. The van der Waals surface area contributed by atoms with Gasteiger partial charge in [0.1, 0.15) is 0 Å². The Balaban J connectivity index is 1.03. The standard InChI is InChI=1S/C72H49N3Si/c1-6-23-50(24-7-1)52-41-44-69-65(47-52)62-35-18-20-38-67(62)73(69)54-42-43-63-60-33-16-19-37-66(60)74(70(63)49-54)55-45-53(51-25-8-2-9-26-51)46-56(48-55)75-68-39-21-17-34-61(68)64-36-22-40-71(72(64)75)76(57-27-10-3-11-28-57,58-29-12-4-13-30-58)59-31-14-5-15-32-59/h1-49H. The lowest BCUT2D eigenvalue weighted by molar-refractivity contribution is 1.13. The monoisotopic (exact) mass is 983 g/mol. The summed E-state index contributed by atoms with van der Waals surface area (Å²) in [4.78, 5) is 0. The van der Waals surface area contributed by atoms with Crippen LogP contribution in [0.2, 0.25) is 0 Å². The summed E-state index contributed by atoms with van der Waals surface area (Å²) in [5.74, 6) is 0. The van der Waals surface area contributed by atoms with Gasteiger partial charge in [0.05, 0.1) is 33.1 Å². The van der Waals surface area contributed by atoms with Crippen LogP contribution in [0.15, 0.2) is 297 Å². The average molecular weight is 984 g/mol. The maximum atomic E-state index is 2.59. The second-order valence-electron chi connectivity index (χ2n) is 20.0. The van der Waals surface area contributed by atoms with E-state index < -0.39 is 8.07 Å². The minimum atomic E-state index is -3.03. The topological polar surface area (TPSA) is 14.8 Å². The number of nitrogens with zero attached hydrogens (tertiary/aromatic N) is 3. The zero-order chi connectivity index (χ0) is 50.2. The SMILES string of the molecule is c1ccc(-c2cc(-n3c4ccccc4c4ccc(-n5c6ccccc6c6cc(-c7ccccc7)ccc65)cc43)cc(-n3c4ccccc4c4cccc([Si](c5ccccc5)(c5ccccc5)c5ccccc5)c43)c2)cc1. The Morgan fingerprint density at radius 3 is 1.21 bits per heavy atom. The molecule has 76 heavy (non-hydrogen) atoms. The predicted octanol–water partition coefficient (Wildman–Crippen LogP) is 15.7. The van der Waals surface area contributed by atoms with Crippen LogP contribution >= 0.6 is 0 Å². The Morgan fingerprint density at radius 2 is 0.632 bits per heavy atom. The Bertz CT molecular complexity index is 4570. The van der Waals surface area contributed by atoms with Crippen molar-refractivity contribution in [3.63, 3.8) is 0 Å². The lowest BCUT2D eigenvalue weighted by Crippen LogP contribution is -2.75. The molecule has 0 saturated carbocycles. The fraction of sp³-hybridized carbons (Fsp3) is 0. The summed E-state index contributed by atoms with van der Waals surface area (Å²) in [5, 5.41) is 12.7. The molecule has 356 valence electrons. The number of fused-ring (bicyclic) bond motifs is 9. The van der Waals surface area contributed by atoms with E-state index in [0.29, 0.717) is 0 Å². The summed E-state index contributed by atoms with van der Waals surface area (Å²) >= 11 is 0. The first kappa shape index (κ1) is 43.8. The molecule has 0 aliphatic carbocycles. The van der Waals surface area contributed by atoms with Crippen molar-refractivity contribution in [2.45, 2.75) is 0 Å². The smallest absolute Gasteiger partial charge is 0.181 e. The van der Waals surface area contributed by atoms with E-state index in [4.69, 9.17) is 0 Å². The van der Waals surface area contributed by atoms with Crippen molar-refractivity contribution < 1.29 is 0 Å². The van der Waals surface area contributed by atoms with Gasteiger partial charge in [0.15, 0.2) is 8.07 Å². The highest BCUT2D eigenvalue weighted by molar-refractivity contribution is 7.20. The molecule has 12 aromatic carbocycles. The van der Waals surface area contributed by atoms with Gasteiger partial charge in [-0.1, -0.05) is 237 Å². The number of hydrogen-bond acceptors (Lipinski definition) is 0. The van der Waals surface area contributed by atoms with E-state index in [1.165, 1.54) is 86.3 Å². The first-order valence-electron chi connectivity index (χ1n) is 26.3. The van der Waals surface area contributed by atoms with E-state index in [-0.39, 0.29) is 0 Å². The van der Waals surface area contributed by atoms with Gasteiger partial charge < -0.3 is 13.7 Å². The summed E-state index contributed by atoms with van der Waals surface area (Å²) in [6.07, 6.45) is 0. The zero-order valence-electron chi connectivity index (χ0n) is 41.6. The van der Waals surface area contributed by atoms with Crippen molar-refractivity contribution >= 4 is 94.2 Å². The van der Waals surface area contributed by atoms with Gasteiger partial charge in [0, 0.05) is 49.4 Å². The number of benzene rings is 12. The number of hydrogen-bond donors (Lipinski definition) is 0. The van der Waals surface area contributed by atoms with Crippen molar-refractivity contribution in [1.29, 1.82) is 0 Å². The lowest BCUT2D eigenvalue weighted by atomic mass is 10.0. The van der Waals surface area contributed by atoms with Gasteiger partial charge in [-0.2, -0.15) is 0 Å². The van der Waals surface area contributed by atoms with E-state index in [0.717, 1.165) is 39.2 Å². The minimum Gasteiger partial charge on any atom is -0.309 e. The molecule has 0 radical (unpaired) electrons. The van der Waals surface area contributed by atoms with Crippen molar-refractivity contribution in [3.05, 3.63) is 297 Å². The van der Waals surface area contributed by atoms with Crippen LogP contribution in [-0.2, 0) is 0 Å². The first-order chi connectivity index (χ1) is 37.7. The van der Waals surface area contributed by atoms with E-state index in [9.17, 15) is 0 Å². The van der Waals surface area contributed by atoms with Crippen LogP contribution in [0.4, 0.5) is 0 Å². The molecule has 0 unspecified atom stereocenters. The molecule has 3 aromatic heterocycles. The van der Waals surface area contributed by atoms with Gasteiger partial charge >= 0.3 is 0 Å². The van der Waals surface area contributed by atoms with Crippen molar-refractivity contribution in [3.8, 4) is 39.3 Å². The number of aromatic nitrogens is 3.